The minimum atomic E-state index is -2.02. The van der Waals surface area contributed by atoms with Crippen molar-refractivity contribution in [3.8, 4) is 0 Å². The average Bonchev–Trinajstić information content (AvgIpc) is 3.08. The fourth-order valence-electron chi connectivity index (χ4n) is 5.37. The summed E-state index contributed by atoms with van der Waals surface area (Å²) in [6.45, 7) is 9.30. The fourth-order valence-corrected chi connectivity index (χ4v) is 14.2. The Morgan fingerprint density at radius 1 is 0.447 bits per heavy atom. The molecule has 0 radical (unpaired) electrons. The van der Waals surface area contributed by atoms with E-state index in [0.717, 1.165) is 12.1 Å². The summed E-state index contributed by atoms with van der Waals surface area (Å²) in [5.41, 5.74) is 3.06. The van der Waals surface area contributed by atoms with E-state index in [-0.39, 0.29) is 11.6 Å². The van der Waals surface area contributed by atoms with Gasteiger partial charge < -0.3 is 13.6 Å². The van der Waals surface area contributed by atoms with Gasteiger partial charge in [-0.05, 0) is 75.4 Å². The van der Waals surface area contributed by atoms with E-state index in [0.29, 0.717) is 59.4 Å². The van der Waals surface area contributed by atoms with Crippen LogP contribution in [0.25, 0.3) is 0 Å². The molecular weight excluding hydrogens is 625 g/mol. The summed E-state index contributed by atoms with van der Waals surface area (Å²) < 4.78 is 17.7. The Kier molecular flexibility index (Phi) is 12.4. The molecule has 0 bridgehead atoms. The van der Waals surface area contributed by atoms with E-state index in [1.807, 2.05) is 36.4 Å². The Morgan fingerprint density at radius 2 is 0.745 bits per heavy atom. The van der Waals surface area contributed by atoms with E-state index in [4.69, 9.17) is 13.6 Å². The van der Waals surface area contributed by atoms with Crippen molar-refractivity contribution in [2.75, 3.05) is 13.2 Å². The summed E-state index contributed by atoms with van der Waals surface area (Å²) in [4.78, 5) is 50.3. The second-order valence-electron chi connectivity index (χ2n) is 12.6. The first-order valence-corrected chi connectivity index (χ1v) is 22.1. The molecule has 4 aromatic carbocycles. The Morgan fingerprint density at radius 3 is 1.09 bits per heavy atom. The molecule has 0 aromatic heterocycles. The lowest BCUT2D eigenvalue weighted by Gasteiger charge is -2.34. The van der Waals surface area contributed by atoms with Crippen LogP contribution in [-0.2, 0) is 13.6 Å². The van der Waals surface area contributed by atoms with Crippen LogP contribution < -0.4 is 0 Å². The molecule has 0 spiro atoms. The van der Waals surface area contributed by atoms with Gasteiger partial charge in [0.25, 0.3) is 0 Å². The van der Waals surface area contributed by atoms with Crippen molar-refractivity contribution < 1.29 is 32.8 Å². The number of rotatable bonds is 16. The zero-order valence-corrected chi connectivity index (χ0v) is 29.5. The lowest BCUT2D eigenvalue weighted by atomic mass is 10.0. The maximum atomic E-state index is 12.6. The number of hydrogen-bond acceptors (Lipinski definition) is 7. The molecule has 244 valence electrons. The number of esters is 2. The van der Waals surface area contributed by atoms with Crippen molar-refractivity contribution in [1.82, 2.24) is 0 Å². The standard InChI is InChI=1S/C38H42O7Si2/c1-46(2,27-11-25-43-37(41)33-21-17-31(18-22-33)35(39)29-13-7-5-8-14-29)45-47(3,4)28-12-26-44-38(42)34-23-19-32(20-24-34)36(40)30-15-9-6-10-16-30/h5-10,13-24H,11-12,25-28H2,1-4H3. The number of hydrogen-bond donors (Lipinski definition) is 0. The second kappa shape index (κ2) is 16.4. The molecule has 0 saturated carbocycles. The highest BCUT2D eigenvalue weighted by Crippen LogP contribution is 2.24. The van der Waals surface area contributed by atoms with Crippen molar-refractivity contribution >= 4 is 40.1 Å². The van der Waals surface area contributed by atoms with Crippen LogP contribution >= 0.6 is 0 Å². The molecule has 0 N–H and O–H groups in total. The van der Waals surface area contributed by atoms with Crippen LogP contribution in [0.15, 0.2) is 109 Å². The predicted molar refractivity (Wildman–Crippen MR) is 188 cm³/mol. The molecule has 4 aromatic rings. The Balaban J connectivity index is 1.13. The van der Waals surface area contributed by atoms with Gasteiger partial charge in [0.2, 0.25) is 0 Å². The number of ether oxygens (including phenoxy) is 2. The largest absolute Gasteiger partial charge is 0.462 e. The Hall–Kier alpha value is -4.45. The lowest BCUT2D eigenvalue weighted by molar-refractivity contribution is 0.0496. The first kappa shape index (κ1) is 35.4. The maximum absolute atomic E-state index is 12.6. The van der Waals surface area contributed by atoms with Crippen molar-refractivity contribution in [1.29, 1.82) is 0 Å². The van der Waals surface area contributed by atoms with Gasteiger partial charge in [-0.25, -0.2) is 9.59 Å². The SMILES string of the molecule is C[Si](C)(CCCOC(=O)c1ccc(C(=O)c2ccccc2)cc1)O[Si](C)(C)CCCOC(=O)c1ccc(C(=O)c2ccccc2)cc1. The van der Waals surface area contributed by atoms with E-state index in [9.17, 15) is 19.2 Å². The average molecular weight is 667 g/mol. The number of carbonyl (C=O) groups is 4. The highest BCUT2D eigenvalue weighted by molar-refractivity contribution is 6.84. The molecule has 0 heterocycles. The van der Waals surface area contributed by atoms with Crippen LogP contribution in [0.4, 0.5) is 0 Å². The minimum absolute atomic E-state index is 0.0922. The van der Waals surface area contributed by atoms with Gasteiger partial charge in [-0.1, -0.05) is 84.9 Å². The molecule has 0 saturated heterocycles. The third-order valence-electron chi connectivity index (χ3n) is 7.70. The summed E-state index contributed by atoms with van der Waals surface area (Å²) in [5, 5.41) is 0. The van der Waals surface area contributed by atoms with E-state index in [2.05, 4.69) is 26.2 Å². The maximum Gasteiger partial charge on any atom is 0.338 e. The van der Waals surface area contributed by atoms with Crippen LogP contribution in [0, 0.1) is 0 Å². The van der Waals surface area contributed by atoms with Gasteiger partial charge in [-0.15, -0.1) is 0 Å². The molecule has 0 fully saturated rings. The third kappa shape index (κ3) is 10.8. The van der Waals surface area contributed by atoms with Gasteiger partial charge in [0, 0.05) is 22.3 Å². The van der Waals surface area contributed by atoms with Crippen molar-refractivity contribution in [3.05, 3.63) is 143 Å². The van der Waals surface area contributed by atoms with Crippen LogP contribution in [0.1, 0.15) is 65.4 Å². The van der Waals surface area contributed by atoms with Gasteiger partial charge in [0.05, 0.1) is 24.3 Å². The van der Waals surface area contributed by atoms with Gasteiger partial charge in [-0.3, -0.25) is 9.59 Å². The third-order valence-corrected chi connectivity index (χ3v) is 15.2. The van der Waals surface area contributed by atoms with Crippen molar-refractivity contribution in [2.45, 2.75) is 51.1 Å². The van der Waals surface area contributed by atoms with Crippen molar-refractivity contribution in [3.63, 3.8) is 0 Å². The summed E-state index contributed by atoms with van der Waals surface area (Å²) in [5.74, 6) is -1.01. The molecule has 0 aliphatic carbocycles. The summed E-state index contributed by atoms with van der Waals surface area (Å²) in [6, 6.07) is 32.8. The van der Waals surface area contributed by atoms with Crippen LogP contribution in [0.5, 0.6) is 0 Å². The van der Waals surface area contributed by atoms with E-state index < -0.39 is 28.6 Å². The fraction of sp³-hybridized carbons (Fsp3) is 0.263. The molecule has 0 atom stereocenters. The molecule has 47 heavy (non-hydrogen) atoms. The topological polar surface area (TPSA) is 96.0 Å². The Labute approximate surface area is 279 Å². The highest BCUT2D eigenvalue weighted by atomic mass is 28.4. The zero-order chi connectivity index (χ0) is 33.9. The molecule has 0 aliphatic heterocycles. The van der Waals surface area contributed by atoms with Gasteiger partial charge in [0.1, 0.15) is 0 Å². The normalized spacial score (nSPS) is 11.5. The first-order valence-electron chi connectivity index (χ1n) is 15.9. The van der Waals surface area contributed by atoms with Gasteiger partial charge in [0.15, 0.2) is 28.2 Å². The molecule has 0 aliphatic rings. The quantitative estimate of drug-likeness (QED) is 0.0513. The van der Waals surface area contributed by atoms with Crippen LogP contribution in [-0.4, -0.2) is 53.4 Å². The summed E-state index contributed by atoms with van der Waals surface area (Å²) >= 11 is 0. The smallest absolute Gasteiger partial charge is 0.338 e. The zero-order valence-electron chi connectivity index (χ0n) is 27.5. The minimum Gasteiger partial charge on any atom is -0.462 e. The number of benzene rings is 4. The van der Waals surface area contributed by atoms with Crippen molar-refractivity contribution in [2.24, 2.45) is 0 Å². The second-order valence-corrected chi connectivity index (χ2v) is 21.5. The summed E-state index contributed by atoms with van der Waals surface area (Å²) in [6.07, 6.45) is 1.40. The Bertz CT molecular complexity index is 1530. The number of ketones is 2. The molecule has 0 unspecified atom stereocenters. The molecule has 9 heteroatoms. The molecule has 0 amide bonds. The predicted octanol–water partition coefficient (Wildman–Crippen LogP) is 8.37. The van der Waals surface area contributed by atoms with Gasteiger partial charge in [-0.2, -0.15) is 0 Å². The first-order chi connectivity index (χ1) is 22.4. The van der Waals surface area contributed by atoms with Crippen LogP contribution in [0.2, 0.25) is 38.3 Å². The van der Waals surface area contributed by atoms with Gasteiger partial charge >= 0.3 is 11.9 Å². The molecular formula is C38H42O7Si2. The van der Waals surface area contributed by atoms with Crippen LogP contribution in [0.3, 0.4) is 0 Å². The monoisotopic (exact) mass is 666 g/mol. The highest BCUT2D eigenvalue weighted by Gasteiger charge is 2.32. The van der Waals surface area contributed by atoms with E-state index >= 15 is 0 Å². The summed E-state index contributed by atoms with van der Waals surface area (Å²) in [7, 11) is -4.04. The number of carbonyl (C=O) groups excluding carboxylic acids is 4. The lowest BCUT2D eigenvalue weighted by Crippen LogP contribution is -2.44. The molecule has 4 rings (SSSR count). The van der Waals surface area contributed by atoms with E-state index in [1.54, 1.807) is 72.8 Å². The molecule has 7 nitrogen and oxygen atoms in total. The van der Waals surface area contributed by atoms with E-state index in [1.165, 1.54) is 0 Å².